The van der Waals surface area contributed by atoms with Crippen LogP contribution in [0.15, 0.2) is 59.6 Å². The number of rotatable bonds is 0. The Morgan fingerprint density at radius 2 is 1.89 bits per heavy atom. The summed E-state index contributed by atoms with van der Waals surface area (Å²) in [5.74, 6) is 0.127. The van der Waals surface area contributed by atoms with Gasteiger partial charge < -0.3 is 21.1 Å². The minimum Gasteiger partial charge on any atom is -0.490 e. The van der Waals surface area contributed by atoms with Gasteiger partial charge >= 0.3 is 0 Å². The normalized spacial score (nSPS) is 16.6. The van der Waals surface area contributed by atoms with Crippen LogP contribution in [0.1, 0.15) is 33.6 Å². The first-order chi connectivity index (χ1) is 18.4. The number of halogens is 1. The van der Waals surface area contributed by atoms with Gasteiger partial charge in [0.2, 0.25) is 5.91 Å². The third-order valence-corrected chi connectivity index (χ3v) is 6.79. The lowest BCUT2D eigenvalue weighted by molar-refractivity contribution is -0.115. The first-order valence-corrected chi connectivity index (χ1v) is 13.3. The SMILES string of the molecule is Cc1snc2c1C(=O)NC(N)=NCc1ccc(c(Cl)c1)NC(=O)CNCCC/C=C/COc1ccc-2cc1. The van der Waals surface area contributed by atoms with Crippen LogP contribution in [0.2, 0.25) is 5.02 Å². The van der Waals surface area contributed by atoms with E-state index in [9.17, 15) is 9.59 Å². The van der Waals surface area contributed by atoms with Crippen molar-refractivity contribution in [3.8, 4) is 17.0 Å². The minimum atomic E-state index is -0.385. The van der Waals surface area contributed by atoms with Crippen LogP contribution >= 0.6 is 23.1 Å². The topological polar surface area (TPSA) is 131 Å². The molecule has 4 aliphatic rings. The number of aliphatic imine (C=N–C) groups is 1. The molecule has 0 fully saturated rings. The van der Waals surface area contributed by atoms with Crippen LogP contribution in [0.5, 0.6) is 5.75 Å². The molecule has 0 aliphatic carbocycles. The molecule has 5 heterocycles. The van der Waals surface area contributed by atoms with Crippen molar-refractivity contribution < 1.29 is 14.3 Å². The molecule has 198 valence electrons. The van der Waals surface area contributed by atoms with E-state index in [0.717, 1.165) is 34.6 Å². The van der Waals surface area contributed by atoms with Crippen molar-refractivity contribution >= 4 is 46.6 Å². The number of aromatic nitrogens is 1. The standard InChI is InChI=1S/C27H29ClN6O3S/c1-17-24-25(34-38-17)19-7-9-20(10-8-19)37-13-5-3-2-4-12-30-16-23(35)32-22-11-6-18(14-21(22)28)15-31-27(29)33-26(24)36/h3,5-11,14,30H,2,4,12-13,15-16H2,1H3,(H,32,35)(H3,29,31,33,36)/b5-3+. The third-order valence-electron chi connectivity index (χ3n) is 5.72. The quantitative estimate of drug-likeness (QED) is 0.308. The lowest BCUT2D eigenvalue weighted by Gasteiger charge is -2.10. The number of carbonyl (C=O) groups is 2. The lowest BCUT2D eigenvalue weighted by Crippen LogP contribution is -2.37. The number of nitrogens with zero attached hydrogens (tertiary/aromatic N) is 2. The predicted octanol–water partition coefficient (Wildman–Crippen LogP) is 4.27. The average Bonchev–Trinajstić information content (AvgIpc) is 3.29. The highest BCUT2D eigenvalue weighted by atomic mass is 35.5. The summed E-state index contributed by atoms with van der Waals surface area (Å²) in [5, 5.41) is 8.97. The van der Waals surface area contributed by atoms with Gasteiger partial charge in [-0.3, -0.25) is 14.9 Å². The van der Waals surface area contributed by atoms with E-state index in [1.807, 2.05) is 37.3 Å². The van der Waals surface area contributed by atoms with E-state index in [4.69, 9.17) is 22.1 Å². The molecule has 11 heteroatoms. The summed E-state index contributed by atoms with van der Waals surface area (Å²) < 4.78 is 10.3. The number of allylic oxidation sites excluding steroid dienone is 1. The lowest BCUT2D eigenvalue weighted by atomic mass is 10.1. The van der Waals surface area contributed by atoms with Crippen molar-refractivity contribution in [1.29, 1.82) is 0 Å². The van der Waals surface area contributed by atoms with Crippen molar-refractivity contribution in [2.24, 2.45) is 10.7 Å². The molecule has 4 aliphatic heterocycles. The number of amides is 2. The van der Waals surface area contributed by atoms with Gasteiger partial charge in [-0.2, -0.15) is 4.37 Å². The molecule has 2 aromatic carbocycles. The highest BCUT2D eigenvalue weighted by Gasteiger charge is 2.20. The van der Waals surface area contributed by atoms with Crippen LogP contribution in [-0.2, 0) is 11.3 Å². The highest BCUT2D eigenvalue weighted by molar-refractivity contribution is 7.06. The molecule has 0 radical (unpaired) electrons. The number of anilines is 1. The molecule has 3 aromatic rings. The second-order valence-corrected chi connectivity index (χ2v) is 9.99. The Kier molecular flexibility index (Phi) is 9.47. The molecule has 4 bridgehead atoms. The van der Waals surface area contributed by atoms with Crippen LogP contribution in [-0.4, -0.2) is 41.8 Å². The van der Waals surface area contributed by atoms with Crippen molar-refractivity contribution in [3.05, 3.63) is 75.6 Å². The summed E-state index contributed by atoms with van der Waals surface area (Å²) in [6.07, 6.45) is 5.78. The largest absolute Gasteiger partial charge is 0.490 e. The Hall–Kier alpha value is -3.73. The van der Waals surface area contributed by atoms with Crippen molar-refractivity contribution in [2.75, 3.05) is 25.0 Å². The molecule has 2 amide bonds. The van der Waals surface area contributed by atoms with Gasteiger partial charge in [-0.05, 0) is 79.8 Å². The zero-order valence-corrected chi connectivity index (χ0v) is 22.5. The number of ether oxygens (including phenoxy) is 1. The van der Waals surface area contributed by atoms with Crippen molar-refractivity contribution in [3.63, 3.8) is 0 Å². The van der Waals surface area contributed by atoms with E-state index in [2.05, 4.69) is 31.4 Å². The maximum absolute atomic E-state index is 13.1. The van der Waals surface area contributed by atoms with Crippen LogP contribution in [0, 0.1) is 6.92 Å². The van der Waals surface area contributed by atoms with E-state index in [1.165, 1.54) is 11.5 Å². The van der Waals surface area contributed by atoms with E-state index >= 15 is 0 Å². The van der Waals surface area contributed by atoms with Crippen LogP contribution in [0.4, 0.5) is 5.69 Å². The number of aryl methyl sites for hydroxylation is 1. The molecule has 0 atom stereocenters. The van der Waals surface area contributed by atoms with Crippen LogP contribution in [0.3, 0.4) is 0 Å². The number of nitrogens with two attached hydrogens (primary N) is 1. The van der Waals surface area contributed by atoms with Crippen molar-refractivity contribution in [1.82, 2.24) is 15.0 Å². The highest BCUT2D eigenvalue weighted by Crippen LogP contribution is 2.29. The number of hydrogen-bond acceptors (Lipinski definition) is 8. The maximum atomic E-state index is 13.1. The minimum absolute atomic E-state index is 0.0237. The van der Waals surface area contributed by atoms with E-state index in [-0.39, 0.29) is 30.9 Å². The van der Waals surface area contributed by atoms with Crippen LogP contribution < -0.4 is 26.4 Å². The summed E-state index contributed by atoms with van der Waals surface area (Å²) in [5.41, 5.74) is 9.12. The van der Waals surface area contributed by atoms with Gasteiger partial charge in [0, 0.05) is 10.4 Å². The molecule has 9 nitrogen and oxygen atoms in total. The molecule has 0 saturated carbocycles. The molecule has 38 heavy (non-hydrogen) atoms. The second kappa shape index (κ2) is 13.2. The number of hydrogen-bond donors (Lipinski definition) is 4. The molecular formula is C27H29ClN6O3S. The first kappa shape index (κ1) is 27.3. The Labute approximate surface area is 230 Å². The Bertz CT molecular complexity index is 1350. The van der Waals surface area contributed by atoms with Gasteiger partial charge in [0.1, 0.15) is 12.4 Å². The molecule has 7 rings (SSSR count). The number of benzene rings is 2. The average molecular weight is 553 g/mol. The first-order valence-electron chi connectivity index (χ1n) is 12.2. The molecule has 0 saturated heterocycles. The number of guanidine groups is 1. The summed E-state index contributed by atoms with van der Waals surface area (Å²) in [7, 11) is 0. The zero-order chi connectivity index (χ0) is 26.9. The van der Waals surface area contributed by atoms with Gasteiger partial charge in [0.15, 0.2) is 5.96 Å². The van der Waals surface area contributed by atoms with Gasteiger partial charge in [-0.1, -0.05) is 29.8 Å². The van der Waals surface area contributed by atoms with E-state index < -0.39 is 0 Å². The third kappa shape index (κ3) is 7.41. The Balaban J connectivity index is 1.55. The number of nitrogens with one attached hydrogen (secondary N) is 3. The molecule has 0 spiro atoms. The summed E-state index contributed by atoms with van der Waals surface area (Å²) >= 11 is 7.61. The fourth-order valence-corrected chi connectivity index (χ4v) is 4.73. The fraction of sp³-hybridized carbons (Fsp3) is 0.259. The second-order valence-electron chi connectivity index (χ2n) is 8.61. The molecule has 0 unspecified atom stereocenters. The Morgan fingerprint density at radius 1 is 1.08 bits per heavy atom. The van der Waals surface area contributed by atoms with Gasteiger partial charge in [0.25, 0.3) is 5.91 Å². The molecule has 1 aromatic heterocycles. The smallest absolute Gasteiger partial charge is 0.261 e. The predicted molar refractivity (Wildman–Crippen MR) is 152 cm³/mol. The fourth-order valence-electron chi connectivity index (χ4n) is 3.77. The summed E-state index contributed by atoms with van der Waals surface area (Å²) in [4.78, 5) is 30.4. The summed E-state index contributed by atoms with van der Waals surface area (Å²) in [6, 6.07) is 12.7. The van der Waals surface area contributed by atoms with E-state index in [1.54, 1.807) is 18.2 Å². The monoisotopic (exact) mass is 552 g/mol. The van der Waals surface area contributed by atoms with Crippen molar-refractivity contribution in [2.45, 2.75) is 26.3 Å². The Morgan fingerprint density at radius 3 is 2.68 bits per heavy atom. The van der Waals surface area contributed by atoms with Gasteiger partial charge in [-0.25, -0.2) is 4.99 Å². The van der Waals surface area contributed by atoms with Gasteiger partial charge in [0.05, 0.1) is 35.1 Å². The molecule has 5 N–H and O–H groups in total. The van der Waals surface area contributed by atoms with Gasteiger partial charge in [-0.15, -0.1) is 0 Å². The zero-order valence-electron chi connectivity index (χ0n) is 20.9. The number of carbonyl (C=O) groups excluding carboxylic acids is 2. The van der Waals surface area contributed by atoms with E-state index in [0.29, 0.717) is 35.1 Å². The summed E-state index contributed by atoms with van der Waals surface area (Å²) in [6.45, 7) is 3.37. The van der Waals surface area contributed by atoms with Crippen LogP contribution in [0.25, 0.3) is 11.3 Å². The maximum Gasteiger partial charge on any atom is 0.261 e. The molecular weight excluding hydrogens is 524 g/mol.